The third-order valence-electron chi connectivity index (χ3n) is 5.63. The van der Waals surface area contributed by atoms with Gasteiger partial charge in [-0.3, -0.25) is 4.79 Å². The van der Waals surface area contributed by atoms with Crippen molar-refractivity contribution in [2.45, 2.75) is 20.8 Å². The van der Waals surface area contributed by atoms with Crippen LogP contribution in [-0.2, 0) is 4.79 Å². The summed E-state index contributed by atoms with van der Waals surface area (Å²) >= 11 is 0. The Hall–Kier alpha value is -4.06. The number of benzene rings is 3. The Kier molecular flexibility index (Phi) is 6.68. The number of methoxy groups -OCH3 is 1. The smallest absolute Gasteiger partial charge is 0.248 e. The Labute approximate surface area is 197 Å². The van der Waals surface area contributed by atoms with Gasteiger partial charge in [-0.25, -0.2) is 4.39 Å². The van der Waals surface area contributed by atoms with Crippen LogP contribution in [0.2, 0.25) is 0 Å². The first-order valence-corrected chi connectivity index (χ1v) is 11.0. The van der Waals surface area contributed by atoms with Crippen LogP contribution in [0.5, 0.6) is 11.5 Å². The summed E-state index contributed by atoms with van der Waals surface area (Å²) < 4.78 is 31.4. The van der Waals surface area contributed by atoms with Gasteiger partial charge in [-0.2, -0.15) is 0 Å². The zero-order valence-corrected chi connectivity index (χ0v) is 19.6. The van der Waals surface area contributed by atoms with Crippen molar-refractivity contribution in [1.29, 1.82) is 0 Å². The maximum Gasteiger partial charge on any atom is 0.248 e. The van der Waals surface area contributed by atoms with Crippen molar-refractivity contribution in [3.05, 3.63) is 83.9 Å². The Morgan fingerprint density at radius 2 is 1.85 bits per heavy atom. The molecule has 6 heteroatoms. The molecule has 0 spiro atoms. The fourth-order valence-corrected chi connectivity index (χ4v) is 4.02. The minimum Gasteiger partial charge on any atom is -0.496 e. The molecular weight excluding hydrogens is 433 g/mol. The molecule has 1 amide bonds. The lowest BCUT2D eigenvalue weighted by molar-refractivity contribution is -0.111. The molecule has 0 unspecified atom stereocenters. The van der Waals surface area contributed by atoms with Crippen LogP contribution in [0.25, 0.3) is 27.7 Å². The summed E-state index contributed by atoms with van der Waals surface area (Å²) in [6.45, 7) is 6.11. The van der Waals surface area contributed by atoms with Crippen LogP contribution in [0.1, 0.15) is 25.0 Å². The van der Waals surface area contributed by atoms with Gasteiger partial charge in [-0.05, 0) is 50.6 Å². The number of ether oxygens (including phenoxy) is 2. The number of carbonyl (C=O) groups excluding carboxylic acids is 1. The van der Waals surface area contributed by atoms with E-state index in [-0.39, 0.29) is 5.69 Å². The highest BCUT2D eigenvalue weighted by molar-refractivity contribution is 6.06. The molecule has 0 aliphatic heterocycles. The molecule has 3 aromatic carbocycles. The van der Waals surface area contributed by atoms with Crippen LogP contribution in [0, 0.1) is 12.7 Å². The standard InChI is InChI=1S/C28H26FNO4/c1-5-33-27-18(3)28-21(22(16-34-28)19-10-6-9-13-25(19)32-4)15-20(27)17(2)14-26(31)30-24-12-8-7-11-23(24)29/h6-16H,5H2,1-4H3,(H,30,31)/b17-14+. The minimum absolute atomic E-state index is 0.126. The van der Waals surface area contributed by atoms with Gasteiger partial charge in [0.1, 0.15) is 22.9 Å². The second-order valence-corrected chi connectivity index (χ2v) is 7.83. The molecule has 0 saturated heterocycles. The molecule has 0 aliphatic rings. The van der Waals surface area contributed by atoms with Gasteiger partial charge in [0, 0.05) is 33.7 Å². The third kappa shape index (κ3) is 4.39. The summed E-state index contributed by atoms with van der Waals surface area (Å²) in [5, 5.41) is 3.47. The molecule has 0 radical (unpaired) electrons. The SMILES string of the molecule is CCOc1c(/C(C)=C/C(=O)Nc2ccccc2F)cc2c(-c3ccccc3OC)coc2c1C. The number of hydrogen-bond donors (Lipinski definition) is 1. The third-order valence-corrected chi connectivity index (χ3v) is 5.63. The second-order valence-electron chi connectivity index (χ2n) is 7.83. The molecule has 4 aromatic rings. The number of fused-ring (bicyclic) bond motifs is 1. The van der Waals surface area contributed by atoms with E-state index >= 15 is 0 Å². The molecule has 0 atom stereocenters. The number of hydrogen-bond acceptors (Lipinski definition) is 4. The van der Waals surface area contributed by atoms with E-state index in [0.717, 1.165) is 33.4 Å². The Morgan fingerprint density at radius 1 is 1.12 bits per heavy atom. The van der Waals surface area contributed by atoms with Crippen LogP contribution in [0.15, 0.2) is 71.4 Å². The lowest BCUT2D eigenvalue weighted by Crippen LogP contribution is -2.10. The summed E-state index contributed by atoms with van der Waals surface area (Å²) in [6, 6.07) is 15.7. The highest BCUT2D eigenvalue weighted by Gasteiger charge is 2.20. The molecule has 0 bridgehead atoms. The van der Waals surface area contributed by atoms with E-state index in [1.807, 2.05) is 51.1 Å². The number of furan rings is 1. The number of nitrogens with one attached hydrogen (secondary N) is 1. The van der Waals surface area contributed by atoms with Crippen molar-refractivity contribution in [3.63, 3.8) is 0 Å². The molecule has 4 rings (SSSR count). The second kappa shape index (κ2) is 9.83. The molecule has 174 valence electrons. The normalized spacial score (nSPS) is 11.5. The van der Waals surface area contributed by atoms with Crippen molar-refractivity contribution in [1.82, 2.24) is 0 Å². The zero-order valence-electron chi connectivity index (χ0n) is 19.6. The van der Waals surface area contributed by atoms with Crippen molar-refractivity contribution in [3.8, 4) is 22.6 Å². The van der Waals surface area contributed by atoms with Crippen LogP contribution in [-0.4, -0.2) is 19.6 Å². The lowest BCUT2D eigenvalue weighted by atomic mass is 9.96. The van der Waals surface area contributed by atoms with Crippen LogP contribution in [0.3, 0.4) is 0 Å². The van der Waals surface area contributed by atoms with Gasteiger partial charge in [-0.1, -0.05) is 30.3 Å². The largest absolute Gasteiger partial charge is 0.496 e. The fourth-order valence-electron chi connectivity index (χ4n) is 4.02. The van der Waals surface area contributed by atoms with Crippen molar-refractivity contribution < 1.29 is 23.1 Å². The molecule has 1 N–H and O–H groups in total. The molecule has 0 fully saturated rings. The zero-order chi connectivity index (χ0) is 24.2. The lowest BCUT2D eigenvalue weighted by Gasteiger charge is -2.15. The molecule has 0 aliphatic carbocycles. The Morgan fingerprint density at radius 3 is 2.59 bits per heavy atom. The predicted molar refractivity (Wildman–Crippen MR) is 133 cm³/mol. The highest BCUT2D eigenvalue weighted by Crippen LogP contribution is 2.42. The van der Waals surface area contributed by atoms with E-state index in [1.54, 1.807) is 25.5 Å². The highest BCUT2D eigenvalue weighted by atomic mass is 19.1. The topological polar surface area (TPSA) is 60.7 Å². The van der Waals surface area contributed by atoms with Gasteiger partial charge in [0.2, 0.25) is 5.91 Å². The van der Waals surface area contributed by atoms with E-state index in [9.17, 15) is 9.18 Å². The summed E-state index contributed by atoms with van der Waals surface area (Å²) in [5.41, 5.74) is 4.87. The Balaban J connectivity index is 1.82. The van der Waals surface area contributed by atoms with E-state index in [2.05, 4.69) is 5.32 Å². The van der Waals surface area contributed by atoms with Crippen LogP contribution < -0.4 is 14.8 Å². The molecule has 0 saturated carbocycles. The number of rotatable bonds is 7. The average Bonchev–Trinajstić information content (AvgIpc) is 3.26. The average molecular weight is 460 g/mol. The number of para-hydroxylation sites is 2. The number of aryl methyl sites for hydroxylation is 1. The molecular formula is C28H26FNO4. The molecule has 34 heavy (non-hydrogen) atoms. The number of amides is 1. The van der Waals surface area contributed by atoms with Gasteiger partial charge in [0.15, 0.2) is 0 Å². The van der Waals surface area contributed by atoms with Gasteiger partial charge in [0.05, 0.1) is 25.7 Å². The summed E-state index contributed by atoms with van der Waals surface area (Å²) in [6.07, 6.45) is 3.15. The maximum absolute atomic E-state index is 14.0. The van der Waals surface area contributed by atoms with E-state index in [1.165, 1.54) is 18.2 Å². The number of carbonyl (C=O) groups is 1. The maximum atomic E-state index is 14.0. The van der Waals surface area contributed by atoms with E-state index < -0.39 is 11.7 Å². The molecule has 1 heterocycles. The summed E-state index contributed by atoms with van der Waals surface area (Å²) in [7, 11) is 1.63. The van der Waals surface area contributed by atoms with E-state index in [4.69, 9.17) is 13.9 Å². The summed E-state index contributed by atoms with van der Waals surface area (Å²) in [5.74, 6) is 0.451. The molecule has 5 nitrogen and oxygen atoms in total. The minimum atomic E-state index is -0.492. The van der Waals surface area contributed by atoms with Crippen LogP contribution >= 0.6 is 0 Å². The van der Waals surface area contributed by atoms with Crippen molar-refractivity contribution in [2.24, 2.45) is 0 Å². The fraction of sp³-hybridized carbons (Fsp3) is 0.179. The Bertz CT molecular complexity index is 1390. The van der Waals surface area contributed by atoms with Gasteiger partial charge < -0.3 is 19.2 Å². The van der Waals surface area contributed by atoms with Gasteiger partial charge in [0.25, 0.3) is 0 Å². The monoisotopic (exact) mass is 459 g/mol. The van der Waals surface area contributed by atoms with Crippen LogP contribution in [0.4, 0.5) is 10.1 Å². The van der Waals surface area contributed by atoms with Gasteiger partial charge >= 0.3 is 0 Å². The molecule has 1 aromatic heterocycles. The quantitative estimate of drug-likeness (QED) is 0.302. The summed E-state index contributed by atoms with van der Waals surface area (Å²) in [4.78, 5) is 12.7. The number of halogens is 1. The van der Waals surface area contributed by atoms with Gasteiger partial charge in [-0.15, -0.1) is 0 Å². The van der Waals surface area contributed by atoms with Crippen molar-refractivity contribution in [2.75, 3.05) is 19.0 Å². The van der Waals surface area contributed by atoms with Crippen molar-refractivity contribution >= 4 is 28.1 Å². The first-order chi connectivity index (χ1) is 16.4. The number of allylic oxidation sites excluding steroid dienone is 1. The number of anilines is 1. The van der Waals surface area contributed by atoms with E-state index in [0.29, 0.717) is 23.5 Å². The first-order valence-electron chi connectivity index (χ1n) is 11.0. The predicted octanol–water partition coefficient (Wildman–Crippen LogP) is 7.00. The first kappa shape index (κ1) is 23.1.